The van der Waals surface area contributed by atoms with Gasteiger partial charge in [-0.2, -0.15) is 5.10 Å². The van der Waals surface area contributed by atoms with Gasteiger partial charge in [-0.05, 0) is 28.8 Å². The van der Waals surface area contributed by atoms with Crippen molar-refractivity contribution in [2.45, 2.75) is 26.3 Å². The summed E-state index contributed by atoms with van der Waals surface area (Å²) in [5.41, 5.74) is 1.84. The van der Waals surface area contributed by atoms with Crippen LogP contribution >= 0.6 is 15.9 Å². The minimum Gasteiger partial charge on any atom is -0.276 e. The third-order valence-electron chi connectivity index (χ3n) is 3.77. The third kappa shape index (κ3) is 1.55. The number of piperidine rings is 1. The first-order valence-electron chi connectivity index (χ1n) is 6.10. The van der Waals surface area contributed by atoms with Gasteiger partial charge in [-0.25, -0.2) is 0 Å². The molecule has 2 amide bonds. The molecule has 6 heteroatoms. The normalized spacial score (nSPS) is 25.8. The van der Waals surface area contributed by atoms with Crippen LogP contribution in [-0.2, 0) is 29.6 Å². The number of aromatic nitrogens is 2. The van der Waals surface area contributed by atoms with Gasteiger partial charge in [-0.1, -0.05) is 6.92 Å². The Morgan fingerprint density at radius 1 is 1.33 bits per heavy atom. The van der Waals surface area contributed by atoms with E-state index in [0.717, 1.165) is 28.7 Å². The second kappa shape index (κ2) is 3.91. The van der Waals surface area contributed by atoms with Crippen LogP contribution in [0.2, 0.25) is 0 Å². The van der Waals surface area contributed by atoms with Crippen LogP contribution in [0, 0.1) is 11.8 Å². The summed E-state index contributed by atoms with van der Waals surface area (Å²) in [5.74, 6) is -0.0994. The smallest absolute Gasteiger partial charge is 0.233 e. The molecule has 1 saturated carbocycles. The van der Waals surface area contributed by atoms with E-state index in [9.17, 15) is 9.59 Å². The molecule has 2 heterocycles. The van der Waals surface area contributed by atoms with E-state index in [4.69, 9.17) is 0 Å². The number of carbonyl (C=O) groups is 2. The number of hydrogen-bond acceptors (Lipinski definition) is 3. The van der Waals surface area contributed by atoms with Gasteiger partial charge in [0.2, 0.25) is 11.8 Å². The second-order valence-electron chi connectivity index (χ2n) is 4.90. The van der Waals surface area contributed by atoms with E-state index in [1.807, 2.05) is 14.0 Å². The summed E-state index contributed by atoms with van der Waals surface area (Å²) in [6.45, 7) is 2.35. The SMILES string of the molecule is CCc1nn(C)c(CN2C(=O)C3CC3C2=O)c1Br. The quantitative estimate of drug-likeness (QED) is 0.789. The molecule has 0 aromatic carbocycles. The molecule has 0 spiro atoms. The molecule has 0 bridgehead atoms. The summed E-state index contributed by atoms with van der Waals surface area (Å²) in [6.07, 6.45) is 1.57. The van der Waals surface area contributed by atoms with Crippen molar-refractivity contribution in [3.8, 4) is 0 Å². The van der Waals surface area contributed by atoms with Gasteiger partial charge in [-0.3, -0.25) is 19.2 Å². The number of rotatable bonds is 3. The van der Waals surface area contributed by atoms with E-state index in [0.29, 0.717) is 6.54 Å². The Morgan fingerprint density at radius 3 is 2.44 bits per heavy atom. The molecule has 5 nitrogen and oxygen atoms in total. The summed E-state index contributed by atoms with van der Waals surface area (Å²) < 4.78 is 2.65. The lowest BCUT2D eigenvalue weighted by molar-refractivity contribution is -0.142. The van der Waals surface area contributed by atoms with E-state index in [-0.39, 0.29) is 23.7 Å². The Kier molecular flexibility index (Phi) is 2.59. The zero-order valence-corrected chi connectivity index (χ0v) is 11.9. The van der Waals surface area contributed by atoms with E-state index in [1.165, 1.54) is 4.90 Å². The van der Waals surface area contributed by atoms with Gasteiger partial charge in [0.15, 0.2) is 0 Å². The zero-order valence-electron chi connectivity index (χ0n) is 10.3. The van der Waals surface area contributed by atoms with Gasteiger partial charge in [0.1, 0.15) is 0 Å². The molecule has 1 saturated heterocycles. The van der Waals surface area contributed by atoms with Crippen molar-refractivity contribution in [2.24, 2.45) is 18.9 Å². The molecule has 1 aliphatic carbocycles. The molecule has 1 aromatic rings. The Balaban J connectivity index is 1.87. The largest absolute Gasteiger partial charge is 0.276 e. The Morgan fingerprint density at radius 2 is 1.94 bits per heavy atom. The average molecular weight is 312 g/mol. The lowest BCUT2D eigenvalue weighted by Gasteiger charge is -2.16. The van der Waals surface area contributed by atoms with E-state index in [2.05, 4.69) is 21.0 Å². The van der Waals surface area contributed by atoms with Gasteiger partial charge in [0, 0.05) is 7.05 Å². The third-order valence-corrected chi connectivity index (χ3v) is 4.68. The number of imide groups is 1. The first kappa shape index (κ1) is 11.9. The lowest BCUT2D eigenvalue weighted by atomic mass is 10.3. The summed E-state index contributed by atoms with van der Waals surface area (Å²) in [7, 11) is 1.84. The highest BCUT2D eigenvalue weighted by atomic mass is 79.9. The van der Waals surface area contributed by atoms with Crippen LogP contribution in [-0.4, -0.2) is 26.5 Å². The lowest BCUT2D eigenvalue weighted by Crippen LogP contribution is -2.33. The highest BCUT2D eigenvalue weighted by Crippen LogP contribution is 2.47. The average Bonchev–Trinajstić information content (AvgIpc) is 3.04. The molecule has 1 aliphatic heterocycles. The molecular weight excluding hydrogens is 298 g/mol. The molecule has 3 rings (SSSR count). The maximum absolute atomic E-state index is 11.9. The standard InChI is InChI=1S/C12H14BrN3O2/c1-3-8-10(13)9(15(2)14-8)5-16-11(17)6-4-7(6)12(16)18/h6-7H,3-5H2,1-2H3. The maximum atomic E-state index is 11.9. The summed E-state index contributed by atoms with van der Waals surface area (Å²) in [5, 5.41) is 4.37. The number of nitrogens with zero attached hydrogens (tertiary/aromatic N) is 3. The molecule has 1 aromatic heterocycles. The molecule has 2 atom stereocenters. The van der Waals surface area contributed by atoms with Gasteiger partial charge in [0.05, 0.1) is 34.2 Å². The van der Waals surface area contributed by atoms with Crippen molar-refractivity contribution in [1.82, 2.24) is 14.7 Å². The number of carbonyl (C=O) groups excluding carboxylic acids is 2. The zero-order chi connectivity index (χ0) is 13.0. The van der Waals surface area contributed by atoms with Crippen LogP contribution < -0.4 is 0 Å². The van der Waals surface area contributed by atoms with Gasteiger partial charge in [0.25, 0.3) is 0 Å². The van der Waals surface area contributed by atoms with Crippen LogP contribution in [0.3, 0.4) is 0 Å². The fourth-order valence-corrected chi connectivity index (χ4v) is 3.29. The molecule has 0 N–H and O–H groups in total. The number of halogens is 1. The summed E-state index contributed by atoms with van der Waals surface area (Å²) >= 11 is 3.50. The fourth-order valence-electron chi connectivity index (χ4n) is 2.55. The molecule has 2 fully saturated rings. The fraction of sp³-hybridized carbons (Fsp3) is 0.583. The minimum atomic E-state index is -0.0323. The Labute approximate surface area is 113 Å². The minimum absolute atomic E-state index is 0.0175. The van der Waals surface area contributed by atoms with Crippen molar-refractivity contribution in [1.29, 1.82) is 0 Å². The molecule has 0 radical (unpaired) electrons. The van der Waals surface area contributed by atoms with Crippen LogP contribution in [0.4, 0.5) is 0 Å². The van der Waals surface area contributed by atoms with Crippen LogP contribution in [0.25, 0.3) is 0 Å². The Hall–Kier alpha value is -1.17. The monoisotopic (exact) mass is 311 g/mol. The number of hydrogen-bond donors (Lipinski definition) is 0. The molecule has 2 unspecified atom stereocenters. The highest BCUT2D eigenvalue weighted by Gasteiger charge is 2.58. The predicted molar refractivity (Wildman–Crippen MR) is 67.4 cm³/mol. The molecule has 2 aliphatic rings. The van der Waals surface area contributed by atoms with Gasteiger partial charge < -0.3 is 0 Å². The summed E-state index contributed by atoms with van der Waals surface area (Å²) in [6, 6.07) is 0. The predicted octanol–water partition coefficient (Wildman–Crippen LogP) is 1.25. The van der Waals surface area contributed by atoms with Crippen molar-refractivity contribution >= 4 is 27.7 Å². The van der Waals surface area contributed by atoms with Crippen LogP contribution in [0.5, 0.6) is 0 Å². The van der Waals surface area contributed by atoms with E-state index >= 15 is 0 Å². The first-order chi connectivity index (χ1) is 8.54. The first-order valence-corrected chi connectivity index (χ1v) is 6.89. The van der Waals surface area contributed by atoms with E-state index in [1.54, 1.807) is 4.68 Å². The molecular formula is C12H14BrN3O2. The molecule has 96 valence electrons. The van der Waals surface area contributed by atoms with Crippen LogP contribution in [0.1, 0.15) is 24.7 Å². The maximum Gasteiger partial charge on any atom is 0.233 e. The van der Waals surface area contributed by atoms with E-state index < -0.39 is 0 Å². The highest BCUT2D eigenvalue weighted by molar-refractivity contribution is 9.10. The van der Waals surface area contributed by atoms with Crippen molar-refractivity contribution in [3.05, 3.63) is 15.9 Å². The topological polar surface area (TPSA) is 55.2 Å². The van der Waals surface area contributed by atoms with Crippen LogP contribution in [0.15, 0.2) is 4.47 Å². The Bertz CT molecular complexity index is 532. The number of likely N-dealkylation sites (tertiary alicyclic amines) is 1. The summed E-state index contributed by atoms with van der Waals surface area (Å²) in [4.78, 5) is 25.2. The number of fused-ring (bicyclic) bond motifs is 1. The molecule has 18 heavy (non-hydrogen) atoms. The van der Waals surface area contributed by atoms with Gasteiger partial charge >= 0.3 is 0 Å². The number of aryl methyl sites for hydroxylation is 2. The van der Waals surface area contributed by atoms with Crippen molar-refractivity contribution in [3.63, 3.8) is 0 Å². The van der Waals surface area contributed by atoms with Crippen molar-refractivity contribution < 1.29 is 9.59 Å². The second-order valence-corrected chi connectivity index (χ2v) is 5.69. The number of amides is 2. The van der Waals surface area contributed by atoms with Gasteiger partial charge in [-0.15, -0.1) is 0 Å². The van der Waals surface area contributed by atoms with Crippen molar-refractivity contribution in [2.75, 3.05) is 0 Å².